The summed E-state index contributed by atoms with van der Waals surface area (Å²) in [6.45, 7) is 1.91. The fourth-order valence-electron chi connectivity index (χ4n) is 3.72. The lowest BCUT2D eigenvalue weighted by atomic mass is 10.0. The number of nitrogens with one attached hydrogen (secondary N) is 2. The Bertz CT molecular complexity index is 1570. The highest BCUT2D eigenvalue weighted by atomic mass is 32.1. The lowest BCUT2D eigenvalue weighted by Gasteiger charge is -2.15. The molecule has 0 saturated heterocycles. The topological polar surface area (TPSA) is 115 Å². The van der Waals surface area contributed by atoms with E-state index in [9.17, 15) is 9.18 Å². The van der Waals surface area contributed by atoms with Crippen LogP contribution in [0.2, 0.25) is 0 Å². The number of amides is 1. The van der Waals surface area contributed by atoms with Crippen LogP contribution in [0.1, 0.15) is 15.9 Å². The van der Waals surface area contributed by atoms with E-state index in [2.05, 4.69) is 25.6 Å². The second kappa shape index (κ2) is 8.56. The molecule has 0 aliphatic carbocycles. The summed E-state index contributed by atoms with van der Waals surface area (Å²) in [6.07, 6.45) is 2.98. The second-order valence-electron chi connectivity index (χ2n) is 7.53. The van der Waals surface area contributed by atoms with E-state index in [4.69, 9.17) is 10.5 Å². The highest BCUT2D eigenvalue weighted by molar-refractivity contribution is 7.18. The number of hydrogen-bond donors (Lipinski definition) is 3. The SMILES string of the molecule is COc1ccc(Nc2nccc3c(NC(=O)c4csc5c(N)ncnc45)c(C)ccc23)cc1F. The number of aryl methyl sites for hydroxylation is 1. The number of methoxy groups -OCH3 is 1. The third-order valence-corrected chi connectivity index (χ3v) is 6.42. The molecule has 4 N–H and O–H groups in total. The highest BCUT2D eigenvalue weighted by Gasteiger charge is 2.18. The number of hydrogen-bond acceptors (Lipinski definition) is 8. The Morgan fingerprint density at radius 3 is 2.76 bits per heavy atom. The van der Waals surface area contributed by atoms with Crippen molar-refractivity contribution in [3.8, 4) is 5.75 Å². The van der Waals surface area contributed by atoms with Crippen LogP contribution in [0.4, 0.5) is 27.4 Å². The Hall–Kier alpha value is -4.31. The molecular weight excluding hydrogens is 455 g/mol. The molecule has 3 heterocycles. The van der Waals surface area contributed by atoms with Crippen molar-refractivity contribution in [3.63, 3.8) is 0 Å². The van der Waals surface area contributed by atoms with Crippen molar-refractivity contribution in [2.45, 2.75) is 6.92 Å². The zero-order chi connectivity index (χ0) is 23.8. The van der Waals surface area contributed by atoms with Crippen LogP contribution in [-0.4, -0.2) is 28.0 Å². The molecular formula is C24H19FN6O2S. The predicted molar refractivity (Wildman–Crippen MR) is 132 cm³/mol. The molecule has 0 fully saturated rings. The Labute approximate surface area is 197 Å². The van der Waals surface area contributed by atoms with Crippen LogP contribution in [-0.2, 0) is 0 Å². The fraction of sp³-hybridized carbons (Fsp3) is 0.0833. The third-order valence-electron chi connectivity index (χ3n) is 5.43. The number of aromatic nitrogens is 3. The first-order valence-corrected chi connectivity index (χ1v) is 11.1. The zero-order valence-electron chi connectivity index (χ0n) is 18.2. The molecule has 8 nitrogen and oxygen atoms in total. The molecule has 0 radical (unpaired) electrons. The zero-order valence-corrected chi connectivity index (χ0v) is 19.0. The van der Waals surface area contributed by atoms with E-state index in [0.717, 1.165) is 16.3 Å². The smallest absolute Gasteiger partial charge is 0.258 e. The number of nitrogens with two attached hydrogens (primary N) is 1. The molecule has 3 aromatic heterocycles. The summed E-state index contributed by atoms with van der Waals surface area (Å²) in [4.78, 5) is 25.8. The minimum absolute atomic E-state index is 0.157. The number of thiophene rings is 1. The highest BCUT2D eigenvalue weighted by Crippen LogP contribution is 2.34. The summed E-state index contributed by atoms with van der Waals surface area (Å²) < 4.78 is 19.8. The van der Waals surface area contributed by atoms with E-state index in [1.54, 1.807) is 23.7 Å². The molecule has 0 bridgehead atoms. The molecule has 0 aliphatic heterocycles. The first-order chi connectivity index (χ1) is 16.5. The number of nitrogen functional groups attached to an aromatic ring is 1. The molecule has 10 heteroatoms. The van der Waals surface area contributed by atoms with Crippen molar-refractivity contribution in [2.24, 2.45) is 0 Å². The number of pyridine rings is 1. The van der Waals surface area contributed by atoms with Crippen LogP contribution in [0.15, 0.2) is 54.3 Å². The molecule has 34 heavy (non-hydrogen) atoms. The third kappa shape index (κ3) is 3.73. The lowest BCUT2D eigenvalue weighted by Crippen LogP contribution is -2.13. The van der Waals surface area contributed by atoms with E-state index in [-0.39, 0.29) is 11.7 Å². The molecule has 5 rings (SSSR count). The summed E-state index contributed by atoms with van der Waals surface area (Å²) >= 11 is 1.32. The standard InChI is InChI=1S/C24H19FN6O2S/c1-12-3-5-15-14(7-8-27-23(15)30-13-4-6-18(33-2)17(25)9-13)19(12)31-24(32)16-10-34-21-20(16)28-11-29-22(21)26/h3-11H,1-2H3,(H,27,30)(H,31,32)(H2,26,28,29). The van der Waals surface area contributed by atoms with Crippen molar-refractivity contribution in [1.82, 2.24) is 15.0 Å². The van der Waals surface area contributed by atoms with Gasteiger partial charge in [-0.05, 0) is 30.7 Å². The number of ether oxygens (including phenoxy) is 1. The number of carbonyl (C=O) groups excluding carboxylic acids is 1. The van der Waals surface area contributed by atoms with E-state index < -0.39 is 5.82 Å². The van der Waals surface area contributed by atoms with Gasteiger partial charge < -0.3 is 21.1 Å². The monoisotopic (exact) mass is 474 g/mol. The summed E-state index contributed by atoms with van der Waals surface area (Å²) in [5, 5.41) is 9.44. The largest absolute Gasteiger partial charge is 0.494 e. The number of fused-ring (bicyclic) bond motifs is 2. The molecule has 0 saturated carbocycles. The van der Waals surface area contributed by atoms with Crippen LogP contribution in [0.3, 0.4) is 0 Å². The number of nitrogens with zero attached hydrogens (tertiary/aromatic N) is 3. The van der Waals surface area contributed by atoms with Crippen LogP contribution in [0.5, 0.6) is 5.75 Å². The van der Waals surface area contributed by atoms with Gasteiger partial charge in [0.25, 0.3) is 5.91 Å². The van der Waals surface area contributed by atoms with E-state index in [1.807, 2.05) is 25.1 Å². The molecule has 170 valence electrons. The van der Waals surface area contributed by atoms with E-state index >= 15 is 0 Å². The number of rotatable bonds is 5. The Balaban J connectivity index is 1.52. The quantitative estimate of drug-likeness (QED) is 0.318. The number of anilines is 4. The lowest BCUT2D eigenvalue weighted by molar-refractivity contribution is 0.102. The fourth-order valence-corrected chi connectivity index (χ4v) is 4.62. The molecule has 0 atom stereocenters. The second-order valence-corrected chi connectivity index (χ2v) is 8.41. The summed E-state index contributed by atoms with van der Waals surface area (Å²) in [7, 11) is 1.41. The van der Waals surface area contributed by atoms with Crippen molar-refractivity contribution in [3.05, 3.63) is 71.2 Å². The number of benzene rings is 2. The minimum atomic E-state index is -0.482. The van der Waals surface area contributed by atoms with E-state index in [0.29, 0.717) is 38.8 Å². The van der Waals surface area contributed by atoms with Crippen LogP contribution in [0.25, 0.3) is 21.0 Å². The van der Waals surface area contributed by atoms with E-state index in [1.165, 1.54) is 30.8 Å². The number of halogens is 1. The van der Waals surface area contributed by atoms with Gasteiger partial charge in [-0.25, -0.2) is 19.3 Å². The van der Waals surface area contributed by atoms with Gasteiger partial charge >= 0.3 is 0 Å². The maximum atomic E-state index is 14.1. The molecule has 1 amide bonds. The normalized spacial score (nSPS) is 11.0. The maximum Gasteiger partial charge on any atom is 0.258 e. The van der Waals surface area contributed by atoms with Crippen molar-refractivity contribution >= 4 is 61.2 Å². The summed E-state index contributed by atoms with van der Waals surface area (Å²) in [5.74, 6) is 0.240. The van der Waals surface area contributed by atoms with Gasteiger partial charge in [0.2, 0.25) is 0 Å². The predicted octanol–water partition coefficient (Wildman–Crippen LogP) is 5.27. The van der Waals surface area contributed by atoms with Crippen molar-refractivity contribution in [1.29, 1.82) is 0 Å². The van der Waals surface area contributed by atoms with Gasteiger partial charge in [0.1, 0.15) is 18.0 Å². The van der Waals surface area contributed by atoms with Gasteiger partial charge in [-0.3, -0.25) is 4.79 Å². The first-order valence-electron chi connectivity index (χ1n) is 10.2. The molecule has 0 aliphatic rings. The molecule has 5 aromatic rings. The van der Waals surface area contributed by atoms with Gasteiger partial charge in [-0.2, -0.15) is 0 Å². The average molecular weight is 475 g/mol. The Morgan fingerprint density at radius 2 is 1.97 bits per heavy atom. The summed E-state index contributed by atoms with van der Waals surface area (Å²) in [6, 6.07) is 10.2. The van der Waals surface area contributed by atoms with Gasteiger partial charge in [-0.15, -0.1) is 11.3 Å². The average Bonchev–Trinajstić information content (AvgIpc) is 3.27. The van der Waals surface area contributed by atoms with Gasteiger partial charge in [0.15, 0.2) is 11.6 Å². The minimum Gasteiger partial charge on any atom is -0.494 e. The molecule has 2 aromatic carbocycles. The Kier molecular flexibility index (Phi) is 5.42. The summed E-state index contributed by atoms with van der Waals surface area (Å²) in [5.41, 5.74) is 8.89. The van der Waals surface area contributed by atoms with Gasteiger partial charge in [-0.1, -0.05) is 12.1 Å². The van der Waals surface area contributed by atoms with Crippen LogP contribution >= 0.6 is 11.3 Å². The van der Waals surface area contributed by atoms with Crippen molar-refractivity contribution in [2.75, 3.05) is 23.5 Å². The molecule has 0 unspecified atom stereocenters. The van der Waals surface area contributed by atoms with Crippen LogP contribution in [0, 0.1) is 12.7 Å². The number of carbonyl (C=O) groups is 1. The van der Waals surface area contributed by atoms with Crippen LogP contribution < -0.4 is 21.1 Å². The van der Waals surface area contributed by atoms with Gasteiger partial charge in [0, 0.05) is 34.1 Å². The van der Waals surface area contributed by atoms with Gasteiger partial charge in [0.05, 0.1) is 28.6 Å². The van der Waals surface area contributed by atoms with Crippen molar-refractivity contribution < 1.29 is 13.9 Å². The molecule has 0 spiro atoms. The first kappa shape index (κ1) is 21.5. The Morgan fingerprint density at radius 1 is 1.12 bits per heavy atom. The maximum absolute atomic E-state index is 14.1.